The Morgan fingerprint density at radius 1 is 1.38 bits per heavy atom. The molecular formula is C10H6ClN7O2S. The van der Waals surface area contributed by atoms with E-state index in [2.05, 4.69) is 25.0 Å². The summed E-state index contributed by atoms with van der Waals surface area (Å²) in [6, 6.07) is 1.79. The minimum atomic E-state index is -4.20. The quantitative estimate of drug-likeness (QED) is 0.685. The SMILES string of the molecule is Cc1nn(-c2ncnc3nc[nH]c23)c(S(=O)(=O)Cl)c1C#N. The number of aryl methyl sites for hydroxylation is 1. The lowest BCUT2D eigenvalue weighted by Gasteiger charge is -2.04. The Bertz CT molecular complexity index is 998. The molecule has 0 aliphatic carbocycles. The summed E-state index contributed by atoms with van der Waals surface area (Å²) in [5.74, 6) is 0.140. The van der Waals surface area contributed by atoms with E-state index in [-0.39, 0.29) is 17.1 Å². The third-order valence-electron chi connectivity index (χ3n) is 2.76. The summed E-state index contributed by atoms with van der Waals surface area (Å²) in [6.07, 6.45) is 2.60. The van der Waals surface area contributed by atoms with Gasteiger partial charge >= 0.3 is 0 Å². The highest BCUT2D eigenvalue weighted by Crippen LogP contribution is 2.26. The average Bonchev–Trinajstić information content (AvgIpc) is 3.00. The molecule has 0 radical (unpaired) electrons. The molecule has 3 aromatic heterocycles. The van der Waals surface area contributed by atoms with E-state index in [1.165, 1.54) is 19.6 Å². The molecule has 21 heavy (non-hydrogen) atoms. The van der Waals surface area contributed by atoms with Gasteiger partial charge in [-0.3, -0.25) is 0 Å². The van der Waals surface area contributed by atoms with E-state index in [0.717, 1.165) is 4.68 Å². The van der Waals surface area contributed by atoms with Crippen LogP contribution in [0.4, 0.5) is 0 Å². The van der Waals surface area contributed by atoms with Crippen LogP contribution in [0.3, 0.4) is 0 Å². The molecule has 1 N–H and O–H groups in total. The van der Waals surface area contributed by atoms with E-state index >= 15 is 0 Å². The van der Waals surface area contributed by atoms with Crippen LogP contribution in [0.5, 0.6) is 0 Å². The van der Waals surface area contributed by atoms with Crippen LogP contribution in [0.2, 0.25) is 0 Å². The number of imidazole rings is 1. The highest BCUT2D eigenvalue weighted by Gasteiger charge is 2.28. The fourth-order valence-electron chi connectivity index (χ4n) is 1.92. The molecule has 0 fully saturated rings. The molecule has 0 bridgehead atoms. The number of halogens is 1. The fourth-order valence-corrected chi connectivity index (χ4v) is 3.11. The predicted octanol–water partition coefficient (Wildman–Crippen LogP) is 0.646. The lowest BCUT2D eigenvalue weighted by Crippen LogP contribution is -2.08. The lowest BCUT2D eigenvalue weighted by molar-refractivity contribution is 0.598. The number of hydrogen-bond acceptors (Lipinski definition) is 7. The topological polar surface area (TPSA) is 130 Å². The summed E-state index contributed by atoms with van der Waals surface area (Å²) in [7, 11) is 1.23. The molecule has 3 rings (SSSR count). The molecule has 3 aromatic rings. The predicted molar refractivity (Wildman–Crippen MR) is 71.3 cm³/mol. The zero-order valence-corrected chi connectivity index (χ0v) is 12.0. The van der Waals surface area contributed by atoms with Crippen molar-refractivity contribution in [2.24, 2.45) is 0 Å². The first-order valence-corrected chi connectivity index (χ1v) is 7.83. The van der Waals surface area contributed by atoms with Gasteiger partial charge in [0.05, 0.1) is 12.0 Å². The molecule has 9 nitrogen and oxygen atoms in total. The van der Waals surface area contributed by atoms with E-state index in [0.29, 0.717) is 11.2 Å². The zero-order valence-electron chi connectivity index (χ0n) is 10.4. The summed E-state index contributed by atoms with van der Waals surface area (Å²) in [5.41, 5.74) is 0.815. The van der Waals surface area contributed by atoms with Gasteiger partial charge < -0.3 is 4.98 Å². The van der Waals surface area contributed by atoms with Crippen molar-refractivity contribution in [1.82, 2.24) is 29.7 Å². The molecule has 0 spiro atoms. The van der Waals surface area contributed by atoms with Crippen LogP contribution in [-0.4, -0.2) is 38.1 Å². The number of nitrogens with one attached hydrogen (secondary N) is 1. The summed E-state index contributed by atoms with van der Waals surface area (Å²) in [5, 5.41) is 12.7. The number of hydrogen-bond donors (Lipinski definition) is 1. The number of nitrogens with zero attached hydrogens (tertiary/aromatic N) is 6. The zero-order chi connectivity index (χ0) is 15.2. The van der Waals surface area contributed by atoms with Gasteiger partial charge in [0.15, 0.2) is 16.5 Å². The van der Waals surface area contributed by atoms with Crippen molar-refractivity contribution < 1.29 is 8.42 Å². The Labute approximate surface area is 122 Å². The molecule has 3 heterocycles. The Hall–Kier alpha value is -2.51. The second-order valence-electron chi connectivity index (χ2n) is 4.03. The van der Waals surface area contributed by atoms with E-state index in [4.69, 9.17) is 15.9 Å². The van der Waals surface area contributed by atoms with Crippen molar-refractivity contribution in [3.05, 3.63) is 23.9 Å². The minimum absolute atomic E-state index is 0.128. The first-order valence-electron chi connectivity index (χ1n) is 5.52. The Morgan fingerprint density at radius 2 is 2.14 bits per heavy atom. The average molecular weight is 324 g/mol. The first kappa shape index (κ1) is 13.5. The molecular weight excluding hydrogens is 318 g/mol. The molecule has 0 saturated heterocycles. The van der Waals surface area contributed by atoms with Crippen LogP contribution < -0.4 is 0 Å². The summed E-state index contributed by atoms with van der Waals surface area (Å²) < 4.78 is 24.6. The molecule has 0 unspecified atom stereocenters. The van der Waals surface area contributed by atoms with Crippen molar-refractivity contribution in [3.63, 3.8) is 0 Å². The molecule has 0 aliphatic heterocycles. The highest BCUT2D eigenvalue weighted by molar-refractivity contribution is 8.13. The Balaban J connectivity index is 2.45. The molecule has 0 aromatic carbocycles. The van der Waals surface area contributed by atoms with Crippen LogP contribution in [0.25, 0.3) is 17.0 Å². The van der Waals surface area contributed by atoms with Crippen LogP contribution in [0.15, 0.2) is 17.7 Å². The van der Waals surface area contributed by atoms with Gasteiger partial charge in [-0.15, -0.1) is 0 Å². The van der Waals surface area contributed by atoms with E-state index < -0.39 is 14.1 Å². The maximum atomic E-state index is 11.8. The first-order chi connectivity index (χ1) is 9.93. The molecule has 0 saturated carbocycles. The Kier molecular flexibility index (Phi) is 2.89. The van der Waals surface area contributed by atoms with Gasteiger partial charge in [-0.05, 0) is 6.92 Å². The number of aromatic amines is 1. The van der Waals surface area contributed by atoms with Gasteiger partial charge in [-0.25, -0.2) is 23.4 Å². The van der Waals surface area contributed by atoms with Crippen LogP contribution in [0.1, 0.15) is 11.3 Å². The highest BCUT2D eigenvalue weighted by atomic mass is 35.7. The van der Waals surface area contributed by atoms with Gasteiger partial charge in [-0.1, -0.05) is 0 Å². The normalized spacial score (nSPS) is 11.7. The minimum Gasteiger partial charge on any atom is -0.340 e. The van der Waals surface area contributed by atoms with Crippen LogP contribution >= 0.6 is 10.7 Å². The van der Waals surface area contributed by atoms with E-state index in [1.807, 2.05) is 0 Å². The standard InChI is InChI=1S/C10H6ClN7O2S/c1-5-6(2-12)10(21(11,19)20)18(17-5)9-7-8(14-3-13-7)15-4-16-9/h3-4H,1H3,(H,13,14,15,16). The number of nitriles is 1. The van der Waals surface area contributed by atoms with Crippen molar-refractivity contribution in [2.45, 2.75) is 11.9 Å². The second-order valence-corrected chi connectivity index (χ2v) is 6.51. The molecule has 0 atom stereocenters. The summed E-state index contributed by atoms with van der Waals surface area (Å²) in [4.78, 5) is 14.7. The molecule has 11 heteroatoms. The maximum absolute atomic E-state index is 11.8. The second kappa shape index (κ2) is 4.51. The van der Waals surface area contributed by atoms with E-state index in [9.17, 15) is 8.42 Å². The van der Waals surface area contributed by atoms with Gasteiger partial charge in [0.2, 0.25) is 0 Å². The number of H-pyrrole nitrogens is 1. The van der Waals surface area contributed by atoms with Crippen molar-refractivity contribution in [2.75, 3.05) is 0 Å². The van der Waals surface area contributed by atoms with Crippen LogP contribution in [-0.2, 0) is 9.05 Å². The monoisotopic (exact) mass is 323 g/mol. The third kappa shape index (κ3) is 2.03. The van der Waals surface area contributed by atoms with E-state index in [1.54, 1.807) is 6.07 Å². The summed E-state index contributed by atoms with van der Waals surface area (Å²) in [6.45, 7) is 1.51. The van der Waals surface area contributed by atoms with Crippen LogP contribution in [0, 0.1) is 18.3 Å². The smallest absolute Gasteiger partial charge is 0.280 e. The van der Waals surface area contributed by atoms with Gasteiger partial charge in [0.1, 0.15) is 23.5 Å². The fraction of sp³-hybridized carbons (Fsp3) is 0.100. The van der Waals surface area contributed by atoms with Crippen molar-refractivity contribution >= 4 is 30.9 Å². The summed E-state index contributed by atoms with van der Waals surface area (Å²) >= 11 is 0. The third-order valence-corrected chi connectivity index (χ3v) is 4.04. The van der Waals surface area contributed by atoms with Crippen molar-refractivity contribution in [1.29, 1.82) is 5.26 Å². The molecule has 106 valence electrons. The lowest BCUT2D eigenvalue weighted by atomic mass is 10.3. The maximum Gasteiger partial charge on any atom is 0.280 e. The largest absolute Gasteiger partial charge is 0.340 e. The van der Waals surface area contributed by atoms with Gasteiger partial charge in [0.25, 0.3) is 9.05 Å². The molecule has 0 amide bonds. The van der Waals surface area contributed by atoms with Gasteiger partial charge in [-0.2, -0.15) is 15.0 Å². The molecule has 0 aliphatic rings. The Morgan fingerprint density at radius 3 is 2.81 bits per heavy atom. The number of aromatic nitrogens is 6. The van der Waals surface area contributed by atoms with Gasteiger partial charge in [0, 0.05) is 10.7 Å². The van der Waals surface area contributed by atoms with Crippen molar-refractivity contribution in [3.8, 4) is 11.9 Å². The number of rotatable bonds is 2. The number of fused-ring (bicyclic) bond motifs is 1.